The van der Waals surface area contributed by atoms with Gasteiger partial charge < -0.3 is 16.5 Å². The summed E-state index contributed by atoms with van der Waals surface area (Å²) in [6.45, 7) is 0. The molecule has 0 aromatic carbocycles. The standard InChI is InChI=1S/C6H6N4S/c7-2-3-4(8)1-5(9)10-6(3)11/h1H,(H5,8,9,10,11). The predicted molar refractivity (Wildman–Crippen MR) is 45.2 cm³/mol. The van der Waals surface area contributed by atoms with Crippen molar-refractivity contribution < 1.29 is 0 Å². The van der Waals surface area contributed by atoms with Crippen LogP contribution in [-0.2, 0) is 0 Å². The largest absolute Gasteiger partial charge is 0.397 e. The van der Waals surface area contributed by atoms with Gasteiger partial charge in [0.05, 0.1) is 5.69 Å². The maximum absolute atomic E-state index is 8.53. The SMILES string of the molecule is N#Cc1c(N)cc(N)[nH]c1=S. The van der Waals surface area contributed by atoms with Gasteiger partial charge in [-0.3, -0.25) is 0 Å². The quantitative estimate of drug-likeness (QED) is 0.496. The normalized spacial score (nSPS) is 9.00. The molecule has 0 bridgehead atoms. The number of nitrogen functional groups attached to an aromatic ring is 2. The monoisotopic (exact) mass is 166 g/mol. The lowest BCUT2D eigenvalue weighted by atomic mass is 10.2. The van der Waals surface area contributed by atoms with Crippen LogP contribution in [0.4, 0.5) is 11.5 Å². The molecule has 0 radical (unpaired) electrons. The number of rotatable bonds is 0. The van der Waals surface area contributed by atoms with Gasteiger partial charge in [-0.2, -0.15) is 5.26 Å². The van der Waals surface area contributed by atoms with Crippen LogP contribution in [0.1, 0.15) is 5.56 Å². The Balaban J connectivity index is 3.53. The highest BCUT2D eigenvalue weighted by Gasteiger charge is 2.00. The molecule has 0 amide bonds. The minimum absolute atomic E-state index is 0.272. The highest BCUT2D eigenvalue weighted by atomic mass is 32.1. The molecule has 0 unspecified atom stereocenters. The van der Waals surface area contributed by atoms with Crippen LogP contribution in [-0.4, -0.2) is 4.98 Å². The van der Waals surface area contributed by atoms with Crippen LogP contribution in [0.15, 0.2) is 6.07 Å². The number of nitrogens with zero attached hydrogens (tertiary/aromatic N) is 1. The fourth-order valence-electron chi connectivity index (χ4n) is 0.716. The summed E-state index contributed by atoms with van der Waals surface area (Å²) in [5.74, 6) is 0.367. The molecule has 1 rings (SSSR count). The molecule has 56 valence electrons. The molecule has 0 aliphatic rings. The fourth-order valence-corrected chi connectivity index (χ4v) is 0.997. The Labute approximate surface area is 68.4 Å². The number of H-pyrrole nitrogens is 1. The highest BCUT2D eigenvalue weighted by molar-refractivity contribution is 7.71. The van der Waals surface area contributed by atoms with Crippen molar-refractivity contribution in [2.75, 3.05) is 11.5 Å². The molecule has 1 aromatic heterocycles. The van der Waals surface area contributed by atoms with E-state index in [0.717, 1.165) is 0 Å². The van der Waals surface area contributed by atoms with Crippen LogP contribution in [0, 0.1) is 16.0 Å². The summed E-state index contributed by atoms with van der Waals surface area (Å²) >= 11 is 4.79. The number of hydrogen-bond donors (Lipinski definition) is 3. The Hall–Kier alpha value is -1.54. The van der Waals surface area contributed by atoms with Crippen LogP contribution in [0.25, 0.3) is 0 Å². The van der Waals surface area contributed by atoms with Crippen LogP contribution < -0.4 is 11.5 Å². The second-order valence-corrected chi connectivity index (χ2v) is 2.40. The zero-order chi connectivity index (χ0) is 8.43. The van der Waals surface area contributed by atoms with Gasteiger partial charge in [0.15, 0.2) is 0 Å². The molecule has 0 spiro atoms. The summed E-state index contributed by atoms with van der Waals surface area (Å²) in [7, 11) is 0. The third-order valence-electron chi connectivity index (χ3n) is 1.20. The Bertz CT molecular complexity index is 373. The molecule has 0 saturated carbocycles. The maximum atomic E-state index is 8.53. The first kappa shape index (κ1) is 7.57. The molecule has 5 N–H and O–H groups in total. The van der Waals surface area contributed by atoms with E-state index in [4.69, 9.17) is 28.9 Å². The second kappa shape index (κ2) is 2.60. The zero-order valence-corrected chi connectivity index (χ0v) is 6.40. The van der Waals surface area contributed by atoms with Gasteiger partial charge in [0.2, 0.25) is 0 Å². The average Bonchev–Trinajstić information content (AvgIpc) is 1.85. The van der Waals surface area contributed by atoms with E-state index in [0.29, 0.717) is 11.5 Å². The highest BCUT2D eigenvalue weighted by Crippen LogP contribution is 2.12. The summed E-state index contributed by atoms with van der Waals surface area (Å²) in [5, 5.41) is 8.53. The Morgan fingerprint density at radius 2 is 2.18 bits per heavy atom. The summed E-state index contributed by atoms with van der Waals surface area (Å²) in [5.41, 5.74) is 11.4. The number of aromatic amines is 1. The van der Waals surface area contributed by atoms with Gasteiger partial charge in [0, 0.05) is 6.07 Å². The minimum Gasteiger partial charge on any atom is -0.397 e. The molecular weight excluding hydrogens is 160 g/mol. The number of nitrogens with one attached hydrogen (secondary N) is 1. The third-order valence-corrected chi connectivity index (χ3v) is 1.50. The molecule has 1 heterocycles. The van der Waals surface area contributed by atoms with Gasteiger partial charge in [0.25, 0.3) is 0 Å². The van der Waals surface area contributed by atoms with Gasteiger partial charge >= 0.3 is 0 Å². The van der Waals surface area contributed by atoms with Gasteiger partial charge in [0.1, 0.15) is 22.1 Å². The van der Waals surface area contributed by atoms with Gasteiger partial charge in [-0.25, -0.2) is 0 Å². The Morgan fingerprint density at radius 1 is 1.55 bits per heavy atom. The molecule has 0 atom stereocenters. The third kappa shape index (κ3) is 1.30. The number of nitriles is 1. The maximum Gasteiger partial charge on any atom is 0.124 e. The summed E-state index contributed by atoms with van der Waals surface area (Å²) in [4.78, 5) is 2.62. The first-order chi connectivity index (χ1) is 5.15. The molecule has 11 heavy (non-hydrogen) atoms. The van der Waals surface area contributed by atoms with E-state index >= 15 is 0 Å². The first-order valence-corrected chi connectivity index (χ1v) is 3.24. The summed E-state index contributed by atoms with van der Waals surface area (Å²) in [6, 6.07) is 3.34. The van der Waals surface area contributed by atoms with Crippen molar-refractivity contribution in [3.63, 3.8) is 0 Å². The van der Waals surface area contributed by atoms with E-state index in [-0.39, 0.29) is 10.2 Å². The smallest absolute Gasteiger partial charge is 0.124 e. The molecule has 5 heteroatoms. The molecule has 4 nitrogen and oxygen atoms in total. The van der Waals surface area contributed by atoms with E-state index in [1.165, 1.54) is 6.07 Å². The van der Waals surface area contributed by atoms with Crippen LogP contribution >= 0.6 is 12.2 Å². The number of aromatic nitrogens is 1. The first-order valence-electron chi connectivity index (χ1n) is 2.83. The Kier molecular flexibility index (Phi) is 1.79. The van der Waals surface area contributed by atoms with Gasteiger partial charge in [-0.1, -0.05) is 12.2 Å². The van der Waals surface area contributed by atoms with Crippen molar-refractivity contribution >= 4 is 23.7 Å². The Morgan fingerprint density at radius 3 is 2.64 bits per heavy atom. The van der Waals surface area contributed by atoms with E-state index < -0.39 is 0 Å². The molecule has 0 aliphatic carbocycles. The fraction of sp³-hybridized carbons (Fsp3) is 0. The van der Waals surface area contributed by atoms with Crippen molar-refractivity contribution in [1.29, 1.82) is 5.26 Å². The lowest BCUT2D eigenvalue weighted by Gasteiger charge is -1.98. The van der Waals surface area contributed by atoms with E-state index in [2.05, 4.69) is 4.98 Å². The number of hydrogen-bond acceptors (Lipinski definition) is 4. The van der Waals surface area contributed by atoms with Gasteiger partial charge in [-0.15, -0.1) is 0 Å². The lowest BCUT2D eigenvalue weighted by Crippen LogP contribution is -1.97. The number of anilines is 2. The lowest BCUT2D eigenvalue weighted by molar-refractivity contribution is 1.28. The zero-order valence-electron chi connectivity index (χ0n) is 5.59. The number of pyridine rings is 1. The average molecular weight is 166 g/mol. The second-order valence-electron chi connectivity index (χ2n) is 2.00. The van der Waals surface area contributed by atoms with Crippen LogP contribution in [0.2, 0.25) is 0 Å². The van der Waals surface area contributed by atoms with Crippen molar-refractivity contribution in [3.05, 3.63) is 16.3 Å². The molecule has 0 saturated heterocycles. The summed E-state index contributed by atoms with van der Waals surface area (Å²) in [6.07, 6.45) is 0. The molecule has 1 aromatic rings. The van der Waals surface area contributed by atoms with Crippen molar-refractivity contribution in [2.24, 2.45) is 0 Å². The van der Waals surface area contributed by atoms with E-state index in [9.17, 15) is 0 Å². The predicted octanol–water partition coefficient (Wildman–Crippen LogP) is 0.780. The minimum atomic E-state index is 0.272. The summed E-state index contributed by atoms with van der Waals surface area (Å²) < 4.78 is 0.282. The molecule has 0 fully saturated rings. The topological polar surface area (TPSA) is 91.6 Å². The van der Waals surface area contributed by atoms with E-state index in [1.807, 2.05) is 6.07 Å². The van der Waals surface area contributed by atoms with Crippen LogP contribution in [0.5, 0.6) is 0 Å². The van der Waals surface area contributed by atoms with Crippen LogP contribution in [0.3, 0.4) is 0 Å². The van der Waals surface area contributed by atoms with Crippen molar-refractivity contribution in [3.8, 4) is 6.07 Å². The van der Waals surface area contributed by atoms with Crippen molar-refractivity contribution in [1.82, 2.24) is 4.98 Å². The molecule has 0 aliphatic heterocycles. The van der Waals surface area contributed by atoms with Crippen molar-refractivity contribution in [2.45, 2.75) is 0 Å². The van der Waals surface area contributed by atoms with Gasteiger partial charge in [-0.05, 0) is 0 Å². The van der Waals surface area contributed by atoms with E-state index in [1.54, 1.807) is 0 Å². The molecular formula is C6H6N4S. The number of nitrogens with two attached hydrogens (primary N) is 2.